The smallest absolute Gasteiger partial charge is 0.178 e. The van der Waals surface area contributed by atoms with Crippen molar-refractivity contribution >= 4 is 11.5 Å². The van der Waals surface area contributed by atoms with E-state index >= 15 is 0 Å². The van der Waals surface area contributed by atoms with Crippen LogP contribution in [0.3, 0.4) is 0 Å². The van der Waals surface area contributed by atoms with E-state index in [1.165, 1.54) is 0 Å². The maximum absolute atomic E-state index is 11.7. The van der Waals surface area contributed by atoms with Crippen molar-refractivity contribution in [3.05, 3.63) is 41.0 Å². The number of aromatic nitrogens is 2. The fraction of sp³-hybridized carbons (Fsp3) is 0.286. The number of nitrogens with two attached hydrogens (primary N) is 1. The first-order valence-electron chi connectivity index (χ1n) is 5.85. The number of anilines is 1. The van der Waals surface area contributed by atoms with Gasteiger partial charge in [0.2, 0.25) is 0 Å². The minimum absolute atomic E-state index is 0.0163. The lowest BCUT2D eigenvalue weighted by atomic mass is 10.1. The number of carbonyl (C=O) groups excluding carboxylic acids is 1. The second kappa shape index (κ2) is 4.29. The third-order valence-corrected chi connectivity index (χ3v) is 3.06. The van der Waals surface area contributed by atoms with Crippen LogP contribution in [-0.4, -0.2) is 15.3 Å². The summed E-state index contributed by atoms with van der Waals surface area (Å²) < 4.78 is 1.88. The lowest BCUT2D eigenvalue weighted by Gasteiger charge is -2.11. The number of nitrogen functional groups attached to an aromatic ring is 1. The molecule has 4 nitrogen and oxygen atoms in total. The first-order valence-corrected chi connectivity index (χ1v) is 5.85. The van der Waals surface area contributed by atoms with Crippen molar-refractivity contribution in [2.24, 2.45) is 0 Å². The van der Waals surface area contributed by atoms with Crippen LogP contribution in [0.15, 0.2) is 18.2 Å². The Morgan fingerprint density at radius 3 is 2.50 bits per heavy atom. The van der Waals surface area contributed by atoms with Crippen LogP contribution in [-0.2, 0) is 0 Å². The fourth-order valence-electron chi connectivity index (χ4n) is 2.20. The van der Waals surface area contributed by atoms with Crippen molar-refractivity contribution < 1.29 is 4.79 Å². The minimum Gasteiger partial charge on any atom is -0.399 e. The molecule has 0 radical (unpaired) electrons. The lowest BCUT2D eigenvalue weighted by molar-refractivity contribution is 0.101. The van der Waals surface area contributed by atoms with E-state index in [0.29, 0.717) is 5.69 Å². The predicted molar refractivity (Wildman–Crippen MR) is 72.2 cm³/mol. The highest BCUT2D eigenvalue weighted by atomic mass is 16.1. The fourth-order valence-corrected chi connectivity index (χ4v) is 2.20. The molecule has 0 fully saturated rings. The van der Waals surface area contributed by atoms with Crippen LogP contribution in [0.2, 0.25) is 0 Å². The molecule has 0 aliphatic carbocycles. The molecule has 4 heteroatoms. The van der Waals surface area contributed by atoms with Crippen LogP contribution in [0.1, 0.15) is 34.5 Å². The molecule has 2 rings (SSSR count). The van der Waals surface area contributed by atoms with Gasteiger partial charge >= 0.3 is 0 Å². The van der Waals surface area contributed by atoms with Gasteiger partial charge in [-0.1, -0.05) is 0 Å². The highest BCUT2D eigenvalue weighted by Gasteiger charge is 2.16. The Kier molecular flexibility index (Phi) is 2.95. The maximum atomic E-state index is 11.7. The van der Waals surface area contributed by atoms with E-state index in [-0.39, 0.29) is 5.78 Å². The molecule has 0 aliphatic heterocycles. The first kappa shape index (κ1) is 12.4. The number of aryl methyl sites for hydroxylation is 3. The second-order valence-electron chi connectivity index (χ2n) is 4.53. The van der Waals surface area contributed by atoms with Gasteiger partial charge in [0.1, 0.15) is 11.5 Å². The Hall–Kier alpha value is -2.10. The molecule has 0 bridgehead atoms. The third-order valence-electron chi connectivity index (χ3n) is 3.06. The minimum atomic E-state index is 0.0163. The summed E-state index contributed by atoms with van der Waals surface area (Å²) in [5.41, 5.74) is 9.87. The highest BCUT2D eigenvalue weighted by Crippen LogP contribution is 2.21. The number of benzene rings is 1. The Morgan fingerprint density at radius 1 is 1.28 bits per heavy atom. The van der Waals surface area contributed by atoms with Crippen LogP contribution < -0.4 is 5.73 Å². The number of rotatable bonds is 2. The zero-order valence-corrected chi connectivity index (χ0v) is 11.1. The van der Waals surface area contributed by atoms with Gasteiger partial charge in [-0.3, -0.25) is 9.36 Å². The molecule has 0 saturated carbocycles. The van der Waals surface area contributed by atoms with Crippen molar-refractivity contribution in [3.63, 3.8) is 0 Å². The standard InChI is InChI=1S/C14H17N3O/c1-8-7-12(5-6-13(8)15)17-11(4)16-9(2)14(17)10(3)18/h5-7H,15H2,1-4H3. The SMILES string of the molecule is CC(=O)c1c(C)nc(C)n1-c1ccc(N)c(C)c1. The largest absolute Gasteiger partial charge is 0.399 e. The molecule has 1 heterocycles. The van der Waals surface area contributed by atoms with Crippen molar-refractivity contribution in [1.82, 2.24) is 9.55 Å². The Morgan fingerprint density at radius 2 is 1.94 bits per heavy atom. The Balaban J connectivity index is 2.70. The van der Waals surface area contributed by atoms with Gasteiger partial charge in [0.05, 0.1) is 5.69 Å². The number of hydrogen-bond acceptors (Lipinski definition) is 3. The Labute approximate surface area is 106 Å². The van der Waals surface area contributed by atoms with Gasteiger partial charge in [-0.2, -0.15) is 0 Å². The van der Waals surface area contributed by atoms with Crippen LogP contribution in [0, 0.1) is 20.8 Å². The molecular weight excluding hydrogens is 226 g/mol. The zero-order valence-electron chi connectivity index (χ0n) is 11.1. The van der Waals surface area contributed by atoms with E-state index in [2.05, 4.69) is 4.98 Å². The van der Waals surface area contributed by atoms with Gasteiger partial charge in [-0.25, -0.2) is 4.98 Å². The van der Waals surface area contributed by atoms with Crippen LogP contribution in [0.4, 0.5) is 5.69 Å². The zero-order chi connectivity index (χ0) is 13.4. The average molecular weight is 243 g/mol. The molecule has 0 unspecified atom stereocenters. The average Bonchev–Trinajstić information content (AvgIpc) is 2.57. The summed E-state index contributed by atoms with van der Waals surface area (Å²) in [4.78, 5) is 16.1. The summed E-state index contributed by atoms with van der Waals surface area (Å²) >= 11 is 0. The molecule has 0 spiro atoms. The molecule has 18 heavy (non-hydrogen) atoms. The number of hydrogen-bond donors (Lipinski definition) is 1. The monoisotopic (exact) mass is 243 g/mol. The lowest BCUT2D eigenvalue weighted by Crippen LogP contribution is -2.07. The van der Waals surface area contributed by atoms with E-state index in [1.54, 1.807) is 6.92 Å². The number of ketones is 1. The van der Waals surface area contributed by atoms with Gasteiger partial charge in [-0.05, 0) is 44.5 Å². The topological polar surface area (TPSA) is 60.9 Å². The van der Waals surface area contributed by atoms with Gasteiger partial charge in [0.15, 0.2) is 5.78 Å². The quantitative estimate of drug-likeness (QED) is 0.651. The van der Waals surface area contributed by atoms with Crippen LogP contribution >= 0.6 is 0 Å². The molecule has 1 aromatic heterocycles. The van der Waals surface area contributed by atoms with Crippen LogP contribution in [0.25, 0.3) is 5.69 Å². The summed E-state index contributed by atoms with van der Waals surface area (Å²) in [6.45, 7) is 7.25. The highest BCUT2D eigenvalue weighted by molar-refractivity contribution is 5.94. The third kappa shape index (κ3) is 1.90. The molecule has 0 saturated heterocycles. The van der Waals surface area contributed by atoms with Gasteiger partial charge < -0.3 is 5.73 Å². The molecule has 0 aliphatic rings. The molecule has 94 valence electrons. The number of nitrogens with zero attached hydrogens (tertiary/aromatic N) is 2. The molecule has 0 amide bonds. The summed E-state index contributed by atoms with van der Waals surface area (Å²) in [6, 6.07) is 5.72. The van der Waals surface area contributed by atoms with E-state index in [0.717, 1.165) is 28.5 Å². The summed E-state index contributed by atoms with van der Waals surface area (Å²) in [6.07, 6.45) is 0. The van der Waals surface area contributed by atoms with Crippen molar-refractivity contribution in [2.45, 2.75) is 27.7 Å². The van der Waals surface area contributed by atoms with Gasteiger partial charge in [0.25, 0.3) is 0 Å². The van der Waals surface area contributed by atoms with Crippen molar-refractivity contribution in [3.8, 4) is 5.69 Å². The molecular formula is C14H17N3O. The van der Waals surface area contributed by atoms with E-state index in [4.69, 9.17) is 5.73 Å². The number of Topliss-reactive ketones (excluding diaryl/α,β-unsaturated/α-hetero) is 1. The van der Waals surface area contributed by atoms with Crippen LogP contribution in [0.5, 0.6) is 0 Å². The first-order chi connectivity index (χ1) is 8.41. The second-order valence-corrected chi connectivity index (χ2v) is 4.53. The summed E-state index contributed by atoms with van der Waals surface area (Å²) in [5, 5.41) is 0. The summed E-state index contributed by atoms with van der Waals surface area (Å²) in [5.74, 6) is 0.824. The van der Waals surface area contributed by atoms with E-state index in [1.807, 2.05) is 43.5 Å². The van der Waals surface area contributed by atoms with Gasteiger partial charge in [0, 0.05) is 18.3 Å². The molecule has 0 atom stereocenters. The Bertz CT molecular complexity index is 626. The van der Waals surface area contributed by atoms with Crippen molar-refractivity contribution in [1.29, 1.82) is 0 Å². The van der Waals surface area contributed by atoms with E-state index in [9.17, 15) is 4.79 Å². The molecule has 1 aromatic carbocycles. The normalized spacial score (nSPS) is 10.7. The maximum Gasteiger partial charge on any atom is 0.178 e. The number of imidazole rings is 1. The molecule has 2 aromatic rings. The number of carbonyl (C=O) groups is 1. The van der Waals surface area contributed by atoms with Gasteiger partial charge in [-0.15, -0.1) is 0 Å². The summed E-state index contributed by atoms with van der Waals surface area (Å²) in [7, 11) is 0. The van der Waals surface area contributed by atoms with Crippen molar-refractivity contribution in [2.75, 3.05) is 5.73 Å². The predicted octanol–water partition coefficient (Wildman–Crippen LogP) is 2.58. The molecule has 2 N–H and O–H groups in total. The van der Waals surface area contributed by atoms with E-state index < -0.39 is 0 Å².